The first kappa shape index (κ1) is 17.5. The molecule has 0 fully saturated rings. The fraction of sp³-hybridized carbons (Fsp3) is 0.476. The third-order valence-corrected chi connectivity index (χ3v) is 7.30. The molecule has 24 heavy (non-hydrogen) atoms. The second-order valence-electron chi connectivity index (χ2n) is 6.97. The summed E-state index contributed by atoms with van der Waals surface area (Å²) in [7, 11) is 0. The van der Waals surface area contributed by atoms with Crippen LogP contribution in [-0.2, 0) is 5.41 Å². The zero-order chi connectivity index (χ0) is 17.2. The zero-order valence-corrected chi connectivity index (χ0v) is 17.1. The Morgan fingerprint density at radius 1 is 1.25 bits per heavy atom. The summed E-state index contributed by atoms with van der Waals surface area (Å²) in [6.07, 6.45) is 8.16. The van der Waals surface area contributed by atoms with E-state index in [1.807, 2.05) is 0 Å². The molecule has 0 aromatic heterocycles. The first-order valence-electron chi connectivity index (χ1n) is 9.10. The molecule has 1 aromatic rings. The van der Waals surface area contributed by atoms with Crippen molar-refractivity contribution >= 4 is 25.3 Å². The van der Waals surface area contributed by atoms with Crippen LogP contribution in [0.4, 0.5) is 5.69 Å². The van der Waals surface area contributed by atoms with E-state index in [0.29, 0.717) is 15.0 Å². The molecule has 2 nitrogen and oxygen atoms in total. The summed E-state index contributed by atoms with van der Waals surface area (Å²) in [5, 5.41) is 1.36. The average Bonchev–Trinajstić information content (AvgIpc) is 3.11. The molecule has 0 bridgehead atoms. The van der Waals surface area contributed by atoms with Crippen molar-refractivity contribution in [3.8, 4) is 0 Å². The van der Waals surface area contributed by atoms with E-state index in [1.54, 1.807) is 4.61 Å². The molecule has 3 heteroatoms. The van der Waals surface area contributed by atoms with E-state index < -0.39 is 0 Å². The fourth-order valence-corrected chi connectivity index (χ4v) is 6.06. The third kappa shape index (κ3) is 3.12. The van der Waals surface area contributed by atoms with Gasteiger partial charge in [-0.25, -0.2) is 0 Å². The Labute approximate surface area is 153 Å². The first-order valence-corrected chi connectivity index (χ1v) is 11.2. The quantitative estimate of drug-likeness (QED) is 0.541. The molecule has 0 atom stereocenters. The van der Waals surface area contributed by atoms with E-state index in [4.69, 9.17) is 0 Å². The van der Waals surface area contributed by atoms with E-state index in [9.17, 15) is 0 Å². The maximum absolute atomic E-state index is 2.52. The Balaban J connectivity index is 1.94. The minimum absolute atomic E-state index is 0.0754. The van der Waals surface area contributed by atoms with Crippen LogP contribution < -0.4 is 4.90 Å². The topological polar surface area (TPSA) is 6.25 Å². The van der Waals surface area contributed by atoms with Crippen molar-refractivity contribution in [2.75, 3.05) is 24.5 Å². The Morgan fingerprint density at radius 2 is 2.04 bits per heavy atom. The molecule has 0 aliphatic carbocycles. The molecule has 128 valence electrons. The summed E-state index contributed by atoms with van der Waals surface area (Å²) < 4.78 is 4.07. The number of benzene rings is 1. The molecule has 0 radical (unpaired) electrons. The number of fused-ring (bicyclic) bond motifs is 1. The van der Waals surface area contributed by atoms with Gasteiger partial charge in [0, 0.05) is 0 Å². The Kier molecular flexibility index (Phi) is 5.32. The van der Waals surface area contributed by atoms with Crippen molar-refractivity contribution in [2.24, 2.45) is 0 Å². The molecule has 0 saturated carbocycles. The van der Waals surface area contributed by atoms with Crippen molar-refractivity contribution < 1.29 is 4.58 Å². The van der Waals surface area contributed by atoms with Crippen molar-refractivity contribution in [3.63, 3.8) is 0 Å². The van der Waals surface area contributed by atoms with E-state index in [1.165, 1.54) is 28.8 Å². The predicted molar refractivity (Wildman–Crippen MR) is 106 cm³/mol. The fourth-order valence-electron chi connectivity index (χ4n) is 3.76. The van der Waals surface area contributed by atoms with Crippen molar-refractivity contribution in [1.29, 1.82) is 0 Å². The van der Waals surface area contributed by atoms with Gasteiger partial charge >= 0.3 is 153 Å². The van der Waals surface area contributed by atoms with Crippen LogP contribution in [0.1, 0.15) is 39.7 Å². The SMILES string of the molecule is CCCN1/C(=C/C=C/C2=[N+](CC)CC[Se]2)C(C)(C)c2ccccc21. The van der Waals surface area contributed by atoms with E-state index in [2.05, 4.69) is 79.7 Å². The maximum atomic E-state index is 2.52. The van der Waals surface area contributed by atoms with Gasteiger partial charge in [-0.3, -0.25) is 0 Å². The summed E-state index contributed by atoms with van der Waals surface area (Å²) >= 11 is 0.655. The van der Waals surface area contributed by atoms with Gasteiger partial charge < -0.3 is 0 Å². The summed E-state index contributed by atoms with van der Waals surface area (Å²) in [4.78, 5) is 2.52. The zero-order valence-electron chi connectivity index (χ0n) is 15.4. The summed E-state index contributed by atoms with van der Waals surface area (Å²) in [6.45, 7) is 12.7. The summed E-state index contributed by atoms with van der Waals surface area (Å²) in [5.74, 6) is 0. The molecule has 2 aliphatic rings. The molecule has 0 amide bonds. The van der Waals surface area contributed by atoms with Gasteiger partial charge in [0.2, 0.25) is 0 Å². The number of nitrogens with zero attached hydrogens (tertiary/aromatic N) is 2. The molecule has 0 spiro atoms. The van der Waals surface area contributed by atoms with Gasteiger partial charge in [-0.2, -0.15) is 0 Å². The van der Waals surface area contributed by atoms with Crippen LogP contribution in [0, 0.1) is 0 Å². The molecule has 0 N–H and O–H groups in total. The molecule has 2 aliphatic heterocycles. The molecular formula is C21H29N2Se+. The van der Waals surface area contributed by atoms with Crippen LogP contribution in [0.5, 0.6) is 0 Å². The van der Waals surface area contributed by atoms with Crippen LogP contribution in [-0.4, -0.2) is 43.8 Å². The van der Waals surface area contributed by atoms with E-state index in [0.717, 1.165) is 19.5 Å². The number of hydrogen-bond donors (Lipinski definition) is 0. The van der Waals surface area contributed by atoms with Gasteiger partial charge in [0.15, 0.2) is 0 Å². The second-order valence-corrected chi connectivity index (χ2v) is 9.31. The third-order valence-electron chi connectivity index (χ3n) is 5.04. The molecular weight excluding hydrogens is 359 g/mol. The van der Waals surface area contributed by atoms with Gasteiger partial charge in [0.25, 0.3) is 0 Å². The van der Waals surface area contributed by atoms with Crippen LogP contribution in [0.2, 0.25) is 5.32 Å². The first-order chi connectivity index (χ1) is 11.6. The molecule has 2 heterocycles. The molecule has 3 rings (SSSR count). The van der Waals surface area contributed by atoms with Crippen molar-refractivity contribution in [2.45, 2.75) is 44.9 Å². The Morgan fingerprint density at radius 3 is 2.79 bits per heavy atom. The number of allylic oxidation sites excluding steroid dienone is 4. The molecule has 0 unspecified atom stereocenters. The minimum atomic E-state index is 0.0754. The Hall–Kier alpha value is -1.31. The van der Waals surface area contributed by atoms with Crippen molar-refractivity contribution in [1.82, 2.24) is 0 Å². The summed E-state index contributed by atoms with van der Waals surface area (Å²) in [6, 6.07) is 8.88. The van der Waals surface area contributed by atoms with Crippen LogP contribution >= 0.6 is 0 Å². The van der Waals surface area contributed by atoms with Crippen molar-refractivity contribution in [3.05, 3.63) is 53.8 Å². The van der Waals surface area contributed by atoms with E-state index in [-0.39, 0.29) is 5.41 Å². The van der Waals surface area contributed by atoms with Crippen LogP contribution in [0.25, 0.3) is 0 Å². The van der Waals surface area contributed by atoms with Crippen LogP contribution in [0.3, 0.4) is 0 Å². The normalized spacial score (nSPS) is 21.3. The number of anilines is 1. The molecule has 1 aromatic carbocycles. The number of hydrogen-bond acceptors (Lipinski definition) is 1. The number of para-hydroxylation sites is 1. The van der Waals surface area contributed by atoms with Gasteiger partial charge in [-0.05, 0) is 0 Å². The monoisotopic (exact) mass is 389 g/mol. The molecule has 0 saturated heterocycles. The number of rotatable bonds is 5. The van der Waals surface area contributed by atoms with Crippen LogP contribution in [0.15, 0.2) is 48.2 Å². The van der Waals surface area contributed by atoms with Gasteiger partial charge in [0.05, 0.1) is 0 Å². The van der Waals surface area contributed by atoms with Gasteiger partial charge in [-0.15, -0.1) is 0 Å². The standard InChI is InChI=1S/C21H29N2Se/c1-5-14-23-18-11-8-7-10-17(18)21(3,4)19(23)12-9-13-20-22(6-2)15-16-24-20/h7-13H,5-6,14-16H2,1-4H3/q+1. The average molecular weight is 388 g/mol. The van der Waals surface area contributed by atoms with Gasteiger partial charge in [0.1, 0.15) is 0 Å². The Bertz CT molecular complexity index is 698. The predicted octanol–water partition coefficient (Wildman–Crippen LogP) is 4.20. The van der Waals surface area contributed by atoms with E-state index >= 15 is 0 Å². The van der Waals surface area contributed by atoms with Gasteiger partial charge in [-0.1, -0.05) is 0 Å². The summed E-state index contributed by atoms with van der Waals surface area (Å²) in [5.41, 5.74) is 4.34. The second kappa shape index (κ2) is 7.29.